The van der Waals surface area contributed by atoms with Crippen LogP contribution in [0.1, 0.15) is 146 Å². The quantitative estimate of drug-likeness (QED) is 0.00648. The van der Waals surface area contributed by atoms with Crippen LogP contribution in [-0.2, 0) is 35.4 Å². The van der Waals surface area contributed by atoms with Gasteiger partial charge in [0, 0.05) is 109 Å². The van der Waals surface area contributed by atoms with Crippen LogP contribution in [-0.4, -0.2) is 282 Å². The van der Waals surface area contributed by atoms with E-state index in [9.17, 15) is 70.8 Å². The molecule has 2 fully saturated rings. The van der Waals surface area contributed by atoms with Gasteiger partial charge in [-0.1, -0.05) is 90.0 Å². The van der Waals surface area contributed by atoms with E-state index in [-0.39, 0.29) is 80.4 Å². The van der Waals surface area contributed by atoms with Crippen molar-refractivity contribution in [2.75, 3.05) is 150 Å². The van der Waals surface area contributed by atoms with Gasteiger partial charge in [-0.15, -0.1) is 0 Å². The van der Waals surface area contributed by atoms with E-state index in [4.69, 9.17) is 24.9 Å². The van der Waals surface area contributed by atoms with Gasteiger partial charge < -0.3 is 101 Å². The Morgan fingerprint density at radius 2 is 0.821 bits per heavy atom. The molecule has 34 heteroatoms. The first-order chi connectivity index (χ1) is 52.9. The number of carbonyl (C=O) groups excluding carboxylic acids is 1. The molecule has 4 aromatic carbocycles. The number of anilines is 4. The van der Waals surface area contributed by atoms with Crippen molar-refractivity contribution in [1.29, 1.82) is 0 Å². The Kier molecular flexibility index (Phi) is 49.3. The van der Waals surface area contributed by atoms with Crippen molar-refractivity contribution in [3.63, 3.8) is 0 Å². The van der Waals surface area contributed by atoms with Crippen LogP contribution in [0.3, 0.4) is 0 Å². The summed E-state index contributed by atoms with van der Waals surface area (Å²) in [7, 11) is 13.8. The highest BCUT2D eigenvalue weighted by Crippen LogP contribution is 2.37. The molecule has 0 saturated carbocycles. The molecular formula is C78H136N14O19Si. The average molecular weight is 1600 g/mol. The van der Waals surface area contributed by atoms with E-state index in [1.165, 1.54) is 0 Å². The van der Waals surface area contributed by atoms with Gasteiger partial charge >= 0.3 is 0 Å². The number of nitrogens with zero attached hydrogens (tertiary/aromatic N) is 9. The van der Waals surface area contributed by atoms with E-state index in [0.717, 1.165) is 138 Å². The molecule has 0 amide bonds. The summed E-state index contributed by atoms with van der Waals surface area (Å²) in [5.41, 5.74) is 6.42. The molecule has 0 radical (unpaired) electrons. The van der Waals surface area contributed by atoms with Crippen molar-refractivity contribution in [2.45, 2.75) is 217 Å². The molecule has 2 heterocycles. The summed E-state index contributed by atoms with van der Waals surface area (Å²) in [6, 6.07) is 20.2. The largest absolute Gasteiger partial charge is 0.417 e. The lowest BCUT2D eigenvalue weighted by Crippen LogP contribution is -2.62. The highest BCUT2D eigenvalue weighted by Gasteiger charge is 2.41. The first-order valence-corrected chi connectivity index (χ1v) is 41.9. The SMILES string of the molecule is CN(C)Cc1ccc(NCCCCCC=O)c([N+](=O)[O-])c1.CN(C)Cc1ccc(NCCCCCCN2C[C@H](O)[C@@H](O)[C@H](O)[C@H]2CO)c([N+](=O)[O-])c1.CN(C)Cc1ccc(NCCCCCCO)c([N+](=O)[O-])c1.CN(C)Cc1ccc(NCCCCCCO[Si](C)(C)C(C)(C)C)c([N+](=O)[O-])c1.OC[C@H]1NC[C@H](O)[C@@H](O)[C@@H]1O. The number of nitro groups is 4. The second-order valence-corrected chi connectivity index (χ2v) is 36.0. The minimum absolute atomic E-state index is 0.0822. The van der Waals surface area contributed by atoms with Crippen LogP contribution in [0.2, 0.25) is 18.1 Å². The summed E-state index contributed by atoms with van der Waals surface area (Å²) in [5.74, 6) is 0. The fraction of sp³-hybridized carbons (Fsp3) is 0.679. The van der Waals surface area contributed by atoms with E-state index in [1.54, 1.807) is 42.5 Å². The molecule has 0 aromatic heterocycles. The topological polar surface area (TPSA) is 457 Å². The number of unbranched alkanes of at least 4 members (excludes halogenated alkanes) is 12. The maximum Gasteiger partial charge on any atom is 0.292 e. The Bertz CT molecular complexity index is 3340. The molecule has 8 atom stereocenters. The minimum atomic E-state index is -1.64. The van der Waals surface area contributed by atoms with Crippen molar-refractivity contribution in [2.24, 2.45) is 0 Å². The monoisotopic (exact) mass is 1600 g/mol. The minimum Gasteiger partial charge on any atom is -0.417 e. The number of piperidine rings is 2. The van der Waals surface area contributed by atoms with E-state index < -0.39 is 57.0 Å². The Morgan fingerprint density at radius 3 is 1.14 bits per heavy atom. The fourth-order valence-corrected chi connectivity index (χ4v) is 13.2. The number of hydrogen-bond acceptors (Lipinski definition) is 29. The first kappa shape index (κ1) is 101. The Balaban J connectivity index is 0.000000489. The number of rotatable bonds is 45. The number of hydrogen-bond donors (Lipinski definition) is 14. The molecular weight excluding hydrogens is 1470 g/mol. The number of aliphatic hydroxyl groups is 9. The third-order valence-corrected chi connectivity index (χ3v) is 23.8. The molecule has 4 aromatic rings. The zero-order chi connectivity index (χ0) is 84.1. The lowest BCUT2D eigenvalue weighted by atomic mass is 9.94. The molecule has 0 bridgehead atoms. The van der Waals surface area contributed by atoms with Crippen LogP contribution in [0.5, 0.6) is 0 Å². The number of nitro benzene ring substituents is 4. The number of aliphatic hydroxyl groups excluding tert-OH is 9. The first-order valence-electron chi connectivity index (χ1n) is 39.0. The summed E-state index contributed by atoms with van der Waals surface area (Å²) in [6.07, 6.45) is 9.14. The second kappa shape index (κ2) is 54.7. The summed E-state index contributed by atoms with van der Waals surface area (Å²) in [4.78, 5) is 63.6. The number of likely N-dealkylation sites (tertiary alicyclic amines) is 1. The highest BCUT2D eigenvalue weighted by atomic mass is 28.4. The summed E-state index contributed by atoms with van der Waals surface area (Å²) >= 11 is 0. The fourth-order valence-electron chi connectivity index (χ4n) is 12.1. The van der Waals surface area contributed by atoms with Crippen LogP contribution >= 0.6 is 0 Å². The Hall–Kier alpha value is -7.07. The van der Waals surface area contributed by atoms with Crippen LogP contribution in [0.15, 0.2) is 72.8 Å². The molecule has 0 spiro atoms. The van der Waals surface area contributed by atoms with E-state index in [0.29, 0.717) is 81.5 Å². The van der Waals surface area contributed by atoms with Gasteiger partial charge in [0.1, 0.15) is 47.3 Å². The molecule has 0 unspecified atom stereocenters. The summed E-state index contributed by atoms with van der Waals surface area (Å²) < 4.78 is 6.20. The van der Waals surface area contributed by atoms with E-state index in [2.05, 4.69) is 60.4 Å². The second-order valence-electron chi connectivity index (χ2n) is 31.2. The number of benzene rings is 4. The van der Waals surface area contributed by atoms with Gasteiger partial charge in [0.25, 0.3) is 22.7 Å². The van der Waals surface area contributed by atoms with Crippen molar-refractivity contribution in [1.82, 2.24) is 29.8 Å². The van der Waals surface area contributed by atoms with Gasteiger partial charge in [-0.25, -0.2) is 0 Å². The van der Waals surface area contributed by atoms with Gasteiger partial charge in [0.2, 0.25) is 0 Å². The lowest BCUT2D eigenvalue weighted by molar-refractivity contribution is -0.384. The number of aldehydes is 1. The molecule has 112 heavy (non-hydrogen) atoms. The van der Waals surface area contributed by atoms with Crippen LogP contribution in [0.4, 0.5) is 45.5 Å². The van der Waals surface area contributed by atoms with Gasteiger partial charge in [-0.3, -0.25) is 45.4 Å². The molecule has 2 aliphatic rings. The predicted octanol–water partition coefficient (Wildman–Crippen LogP) is 8.52. The van der Waals surface area contributed by atoms with Crippen molar-refractivity contribution in [3.8, 4) is 0 Å². The summed E-state index contributed by atoms with van der Waals surface area (Å²) in [5, 5.41) is 144. The highest BCUT2D eigenvalue weighted by molar-refractivity contribution is 6.74. The van der Waals surface area contributed by atoms with E-state index >= 15 is 0 Å². The van der Waals surface area contributed by atoms with Crippen LogP contribution in [0.25, 0.3) is 0 Å². The molecule has 0 aliphatic carbocycles. The standard InChI is InChI=1S/C21H36N4O6.C21H39N3O3Si.C15H25N3O3.C15H23N3O3.C6H13NO4/c1-23(2)12-15-7-8-16(17(11-15)25(30)31)22-9-5-3-4-6-10-24-13-19(27)21(29)20(28)18(24)14-26;1-21(2,3)28(6,7)27-15-11-9-8-10-14-22-19-13-12-18(17-23(4)5)16-20(19)24(25)26;2*1-17(2)12-13-7-8-14(15(11-13)18(20)21)16-9-5-3-4-6-10-19;8-2-3-5(10)6(11)4(9)1-7-3/h7-8,11,18-22,26-29H,3-6,9-10,12-14H2,1-2H3;12-13,16,22H,8-11,14-15,17H2,1-7H3;7-8,11,16,19H,3-6,9-10,12H2,1-2H3;7-8,10-11,16H,3-6,9,12H2,1-2H3;3-11H,1-2H2/t18-,19+,20-,21-;;;;3-,4+,5-,6-/m1...1/s1. The smallest absolute Gasteiger partial charge is 0.292 e. The van der Waals surface area contributed by atoms with Crippen molar-refractivity contribution in [3.05, 3.63) is 136 Å². The summed E-state index contributed by atoms with van der Waals surface area (Å²) in [6.45, 7) is 18.4. The maximum absolute atomic E-state index is 11.4. The molecule has 33 nitrogen and oxygen atoms in total. The zero-order valence-corrected chi connectivity index (χ0v) is 69.7. The Labute approximate surface area is 663 Å². The third-order valence-electron chi connectivity index (χ3n) is 19.2. The molecule has 2 aliphatic heterocycles. The zero-order valence-electron chi connectivity index (χ0n) is 68.7. The maximum atomic E-state index is 11.4. The number of nitrogens with one attached hydrogen (secondary N) is 5. The number of β-amino-alcohol motifs (C(OH)–C–C–N with tert-alkyl or cyclic N) is 2. The van der Waals surface area contributed by atoms with Gasteiger partial charge in [-0.05, 0) is 179 Å². The Morgan fingerprint density at radius 1 is 0.482 bits per heavy atom. The van der Waals surface area contributed by atoms with Crippen LogP contribution in [0, 0.1) is 40.5 Å². The van der Waals surface area contributed by atoms with Gasteiger partial charge in [0.15, 0.2) is 8.32 Å². The predicted molar refractivity (Wildman–Crippen MR) is 443 cm³/mol. The number of carbonyl (C=O) groups is 1. The molecule has 6 rings (SSSR count). The lowest BCUT2D eigenvalue weighted by Gasteiger charge is -2.43. The van der Waals surface area contributed by atoms with Gasteiger partial charge in [-0.2, -0.15) is 0 Å². The van der Waals surface area contributed by atoms with E-state index in [1.807, 2.05) is 111 Å². The average Bonchev–Trinajstić information content (AvgIpc) is 0.794. The van der Waals surface area contributed by atoms with Crippen molar-refractivity contribution >= 4 is 60.1 Å². The van der Waals surface area contributed by atoms with Crippen LogP contribution < -0.4 is 26.6 Å². The van der Waals surface area contributed by atoms with Crippen molar-refractivity contribution < 1.29 is 74.9 Å². The van der Waals surface area contributed by atoms with Gasteiger partial charge in [0.05, 0.1) is 63.3 Å². The third kappa shape index (κ3) is 39.3. The molecule has 14 N–H and O–H groups in total. The molecule has 2 saturated heterocycles. The normalized spacial score (nSPS) is 18.4. The molecule has 636 valence electrons.